The van der Waals surface area contributed by atoms with Crippen molar-refractivity contribution in [2.45, 2.75) is 12.7 Å². The molecule has 1 N–H and O–H groups in total. The van der Waals surface area contributed by atoms with Gasteiger partial charge in [0.25, 0.3) is 0 Å². The van der Waals surface area contributed by atoms with Gasteiger partial charge in [0.15, 0.2) is 0 Å². The Morgan fingerprint density at radius 1 is 1.11 bits per heavy atom. The minimum absolute atomic E-state index is 0.0459. The van der Waals surface area contributed by atoms with Crippen LogP contribution in [0.25, 0.3) is 0 Å². The number of pyridine rings is 1. The predicted octanol–water partition coefficient (Wildman–Crippen LogP) is 4.37. The van der Waals surface area contributed by atoms with E-state index < -0.39 is 11.7 Å². The molecule has 0 atom stereocenters. The third-order valence-corrected chi connectivity index (χ3v) is 2.73. The molecular formula is C13H10ClF3N2. The van der Waals surface area contributed by atoms with Crippen LogP contribution in [0.2, 0.25) is 5.02 Å². The molecule has 1 heterocycles. The molecular weight excluding hydrogens is 277 g/mol. The summed E-state index contributed by atoms with van der Waals surface area (Å²) in [7, 11) is 0. The highest BCUT2D eigenvalue weighted by Crippen LogP contribution is 2.32. The van der Waals surface area contributed by atoms with Gasteiger partial charge in [-0.15, -0.1) is 0 Å². The minimum atomic E-state index is -4.36. The van der Waals surface area contributed by atoms with Gasteiger partial charge in [-0.3, -0.25) is 0 Å². The van der Waals surface area contributed by atoms with Gasteiger partial charge < -0.3 is 5.32 Å². The van der Waals surface area contributed by atoms with Gasteiger partial charge in [-0.1, -0.05) is 29.8 Å². The highest BCUT2D eigenvalue weighted by molar-refractivity contribution is 6.30. The number of anilines is 1. The normalized spacial score (nSPS) is 11.4. The largest absolute Gasteiger partial charge is 0.416 e. The van der Waals surface area contributed by atoms with E-state index in [9.17, 15) is 13.2 Å². The van der Waals surface area contributed by atoms with Crippen LogP contribution in [0.3, 0.4) is 0 Å². The maximum atomic E-state index is 12.8. The Balaban J connectivity index is 2.14. The molecule has 100 valence electrons. The van der Waals surface area contributed by atoms with Gasteiger partial charge in [0.2, 0.25) is 0 Å². The number of nitrogens with zero attached hydrogens (tertiary/aromatic N) is 1. The summed E-state index contributed by atoms with van der Waals surface area (Å²) in [5.41, 5.74) is -0.469. The summed E-state index contributed by atoms with van der Waals surface area (Å²) in [5, 5.41) is 3.30. The monoisotopic (exact) mass is 286 g/mol. The van der Waals surface area contributed by atoms with Crippen LogP contribution in [0.15, 0.2) is 42.6 Å². The average molecular weight is 287 g/mol. The lowest BCUT2D eigenvalue weighted by atomic mass is 10.1. The van der Waals surface area contributed by atoms with Crippen LogP contribution in [0.4, 0.5) is 19.0 Å². The van der Waals surface area contributed by atoms with Crippen LogP contribution >= 0.6 is 11.6 Å². The molecule has 2 rings (SSSR count). The van der Waals surface area contributed by atoms with Gasteiger partial charge in [0.05, 0.1) is 10.6 Å². The fourth-order valence-corrected chi connectivity index (χ4v) is 1.73. The first-order valence-corrected chi connectivity index (χ1v) is 5.85. The maximum Gasteiger partial charge on any atom is 0.416 e. The number of nitrogens with one attached hydrogen (secondary N) is 1. The average Bonchev–Trinajstić information content (AvgIpc) is 2.37. The molecule has 0 aliphatic heterocycles. The third kappa shape index (κ3) is 3.61. The van der Waals surface area contributed by atoms with Crippen LogP contribution in [-0.4, -0.2) is 4.98 Å². The van der Waals surface area contributed by atoms with Crippen molar-refractivity contribution in [3.8, 4) is 0 Å². The van der Waals surface area contributed by atoms with E-state index in [1.54, 1.807) is 18.2 Å². The number of aromatic nitrogens is 1. The molecule has 0 saturated heterocycles. The number of alkyl halides is 3. The maximum absolute atomic E-state index is 12.8. The summed E-state index contributed by atoms with van der Waals surface area (Å²) in [6.07, 6.45) is -2.93. The number of benzene rings is 1. The predicted molar refractivity (Wildman–Crippen MR) is 68.0 cm³/mol. The molecule has 2 aromatic rings. The first-order chi connectivity index (χ1) is 8.97. The second-order valence-corrected chi connectivity index (χ2v) is 4.31. The van der Waals surface area contributed by atoms with E-state index >= 15 is 0 Å². The van der Waals surface area contributed by atoms with Crippen LogP contribution in [-0.2, 0) is 12.7 Å². The molecule has 6 heteroatoms. The smallest absolute Gasteiger partial charge is 0.366 e. The zero-order valence-electron chi connectivity index (χ0n) is 9.71. The second-order valence-electron chi connectivity index (χ2n) is 3.87. The van der Waals surface area contributed by atoms with Crippen molar-refractivity contribution in [1.29, 1.82) is 0 Å². The topological polar surface area (TPSA) is 24.9 Å². The fraction of sp³-hybridized carbons (Fsp3) is 0.154. The summed E-state index contributed by atoms with van der Waals surface area (Å²) in [6, 6.07) is 8.66. The van der Waals surface area contributed by atoms with Crippen molar-refractivity contribution in [2.24, 2.45) is 0 Å². The quantitative estimate of drug-likeness (QED) is 0.906. The van der Waals surface area contributed by atoms with Crippen LogP contribution in [0.1, 0.15) is 11.1 Å². The lowest BCUT2D eigenvalue weighted by Gasteiger charge is -2.13. The number of rotatable bonds is 3. The minimum Gasteiger partial charge on any atom is -0.366 e. The molecule has 0 amide bonds. The van der Waals surface area contributed by atoms with Crippen LogP contribution in [0, 0.1) is 0 Å². The zero-order chi connectivity index (χ0) is 13.9. The molecule has 0 aliphatic rings. The van der Waals surface area contributed by atoms with Gasteiger partial charge >= 0.3 is 6.18 Å². The second kappa shape index (κ2) is 5.48. The Kier molecular flexibility index (Phi) is 3.95. The SMILES string of the molecule is FC(F)(F)c1ccccc1CNc1ccc(Cl)cn1. The number of hydrogen-bond donors (Lipinski definition) is 1. The summed E-state index contributed by atoms with van der Waals surface area (Å²) >= 11 is 5.67. The molecule has 0 fully saturated rings. The molecule has 1 aromatic carbocycles. The van der Waals surface area contributed by atoms with Crippen molar-refractivity contribution >= 4 is 17.4 Å². The van der Waals surface area contributed by atoms with Gasteiger partial charge in [0, 0.05) is 12.7 Å². The van der Waals surface area contributed by atoms with Crippen LogP contribution < -0.4 is 5.32 Å². The first kappa shape index (κ1) is 13.7. The Morgan fingerprint density at radius 3 is 2.47 bits per heavy atom. The molecule has 0 bridgehead atoms. The number of halogens is 4. The van der Waals surface area contributed by atoms with E-state index in [0.717, 1.165) is 6.07 Å². The van der Waals surface area contributed by atoms with E-state index in [-0.39, 0.29) is 12.1 Å². The summed E-state index contributed by atoms with van der Waals surface area (Å²) in [4.78, 5) is 3.96. The summed E-state index contributed by atoms with van der Waals surface area (Å²) < 4.78 is 38.3. The Bertz CT molecular complexity index is 553. The van der Waals surface area contributed by atoms with Gasteiger partial charge in [-0.2, -0.15) is 13.2 Å². The van der Waals surface area contributed by atoms with Crippen molar-refractivity contribution < 1.29 is 13.2 Å². The van der Waals surface area contributed by atoms with E-state index in [1.165, 1.54) is 18.3 Å². The van der Waals surface area contributed by atoms with Crippen molar-refractivity contribution in [3.05, 3.63) is 58.7 Å². The molecule has 0 unspecified atom stereocenters. The van der Waals surface area contributed by atoms with E-state index in [0.29, 0.717) is 10.8 Å². The Hall–Kier alpha value is -1.75. The molecule has 0 spiro atoms. The third-order valence-electron chi connectivity index (χ3n) is 2.51. The molecule has 2 nitrogen and oxygen atoms in total. The van der Waals surface area contributed by atoms with Gasteiger partial charge in [0.1, 0.15) is 5.82 Å². The van der Waals surface area contributed by atoms with Gasteiger partial charge in [-0.05, 0) is 23.8 Å². The molecule has 0 radical (unpaired) electrons. The zero-order valence-corrected chi connectivity index (χ0v) is 10.5. The van der Waals surface area contributed by atoms with Crippen molar-refractivity contribution in [2.75, 3.05) is 5.32 Å². The lowest BCUT2D eigenvalue weighted by molar-refractivity contribution is -0.138. The highest BCUT2D eigenvalue weighted by Gasteiger charge is 2.32. The van der Waals surface area contributed by atoms with E-state index in [1.807, 2.05) is 0 Å². The van der Waals surface area contributed by atoms with Crippen LogP contribution in [0.5, 0.6) is 0 Å². The van der Waals surface area contributed by atoms with Gasteiger partial charge in [-0.25, -0.2) is 4.98 Å². The summed E-state index contributed by atoms with van der Waals surface area (Å²) in [6.45, 7) is 0.0459. The Morgan fingerprint density at radius 2 is 1.84 bits per heavy atom. The Labute approximate surface area is 113 Å². The van der Waals surface area contributed by atoms with Crippen molar-refractivity contribution in [3.63, 3.8) is 0 Å². The standard InChI is InChI=1S/C13H10ClF3N2/c14-10-5-6-12(19-8-10)18-7-9-3-1-2-4-11(9)13(15,16)17/h1-6,8H,7H2,(H,18,19). The first-order valence-electron chi connectivity index (χ1n) is 5.47. The molecule has 0 saturated carbocycles. The fourth-order valence-electron chi connectivity index (χ4n) is 1.62. The van der Waals surface area contributed by atoms with Crippen molar-refractivity contribution in [1.82, 2.24) is 4.98 Å². The van der Waals surface area contributed by atoms with E-state index in [4.69, 9.17) is 11.6 Å². The van der Waals surface area contributed by atoms with E-state index in [2.05, 4.69) is 10.3 Å². The highest BCUT2D eigenvalue weighted by atomic mass is 35.5. The summed E-state index contributed by atoms with van der Waals surface area (Å²) in [5.74, 6) is 0.473. The molecule has 19 heavy (non-hydrogen) atoms. The lowest BCUT2D eigenvalue weighted by Crippen LogP contribution is -2.11. The molecule has 1 aromatic heterocycles. The molecule has 0 aliphatic carbocycles. The number of hydrogen-bond acceptors (Lipinski definition) is 2.